The van der Waals surface area contributed by atoms with Gasteiger partial charge in [0.15, 0.2) is 0 Å². The van der Waals surface area contributed by atoms with Gasteiger partial charge in [0.2, 0.25) is 5.91 Å². The van der Waals surface area contributed by atoms with Gasteiger partial charge in [-0.25, -0.2) is 4.79 Å². The van der Waals surface area contributed by atoms with Crippen LogP contribution in [0.25, 0.3) is 0 Å². The van der Waals surface area contributed by atoms with Crippen molar-refractivity contribution in [3.8, 4) is 0 Å². The first-order valence-corrected chi connectivity index (χ1v) is 6.58. The Kier molecular flexibility index (Phi) is 2.63. The van der Waals surface area contributed by atoms with Gasteiger partial charge in [0, 0.05) is 5.41 Å². The van der Waals surface area contributed by atoms with Crippen molar-refractivity contribution in [1.29, 1.82) is 0 Å². The van der Waals surface area contributed by atoms with E-state index in [1.807, 2.05) is 30.3 Å². The van der Waals surface area contributed by atoms with Gasteiger partial charge in [0.05, 0.1) is 11.3 Å². The van der Waals surface area contributed by atoms with Crippen LogP contribution in [0.3, 0.4) is 0 Å². The van der Waals surface area contributed by atoms with Crippen LogP contribution in [0.15, 0.2) is 41.4 Å². The van der Waals surface area contributed by atoms with Gasteiger partial charge in [-0.2, -0.15) is 0 Å². The highest BCUT2D eigenvalue weighted by Gasteiger charge is 2.53. The summed E-state index contributed by atoms with van der Waals surface area (Å²) in [6.07, 6.45) is 0.675. The molecule has 2 atom stereocenters. The van der Waals surface area contributed by atoms with Crippen LogP contribution in [0.1, 0.15) is 5.56 Å². The number of carboxylic acids is 1. The molecule has 0 unspecified atom stereocenters. The minimum absolute atomic E-state index is 0.0381. The average molecular weight is 261 g/mol. The number of nitrogens with zero attached hydrogens (tertiary/aromatic N) is 1. The van der Waals surface area contributed by atoms with E-state index in [-0.39, 0.29) is 22.9 Å². The Morgan fingerprint density at radius 2 is 2.06 bits per heavy atom. The molecule has 4 nitrogen and oxygen atoms in total. The molecule has 1 aromatic carbocycles. The molecule has 5 heteroatoms. The molecule has 1 amide bonds. The number of fused-ring (bicyclic) bond motifs is 1. The number of aliphatic carboxylic acids is 1. The largest absolute Gasteiger partial charge is 0.477 e. The smallest absolute Gasteiger partial charge is 0.353 e. The number of hydrogen-bond acceptors (Lipinski definition) is 3. The topological polar surface area (TPSA) is 57.6 Å². The molecule has 0 radical (unpaired) electrons. The van der Waals surface area contributed by atoms with Crippen LogP contribution in [-0.4, -0.2) is 27.3 Å². The second kappa shape index (κ2) is 4.17. The number of β-lactam (4-membered cyclic amide) rings is 1. The molecule has 0 saturated carbocycles. The number of carbonyl (C=O) groups is 2. The minimum Gasteiger partial charge on any atom is -0.477 e. The van der Waals surface area contributed by atoms with E-state index < -0.39 is 5.97 Å². The predicted octanol–water partition coefficient (Wildman–Crippen LogP) is 1.69. The third-order valence-corrected chi connectivity index (χ3v) is 4.43. The summed E-state index contributed by atoms with van der Waals surface area (Å²) in [5.74, 6) is -1.22. The number of carbonyl (C=O) groups excluding carboxylic acids is 1. The van der Waals surface area contributed by atoms with E-state index in [1.54, 1.807) is 5.41 Å². The normalized spacial score (nSPS) is 25.4. The van der Waals surface area contributed by atoms with Crippen LogP contribution < -0.4 is 0 Å². The molecule has 2 aliphatic rings. The number of carboxylic acid groups (broad SMARTS) is 1. The fourth-order valence-corrected chi connectivity index (χ4v) is 3.56. The lowest BCUT2D eigenvalue weighted by Gasteiger charge is -2.42. The maximum atomic E-state index is 12.0. The van der Waals surface area contributed by atoms with Crippen molar-refractivity contribution in [2.24, 2.45) is 5.92 Å². The first-order chi connectivity index (χ1) is 8.68. The van der Waals surface area contributed by atoms with E-state index in [9.17, 15) is 9.59 Å². The first kappa shape index (κ1) is 11.3. The van der Waals surface area contributed by atoms with Crippen LogP contribution in [0.5, 0.6) is 0 Å². The lowest BCUT2D eigenvalue weighted by molar-refractivity contribution is -0.151. The van der Waals surface area contributed by atoms with Gasteiger partial charge in [-0.3, -0.25) is 9.69 Å². The molecule has 3 rings (SSSR count). The fourth-order valence-electron chi connectivity index (χ4n) is 2.34. The van der Waals surface area contributed by atoms with Crippen molar-refractivity contribution in [3.63, 3.8) is 0 Å². The van der Waals surface area contributed by atoms with Gasteiger partial charge in [0.25, 0.3) is 0 Å². The number of hydrogen-bond donors (Lipinski definition) is 1. The summed E-state index contributed by atoms with van der Waals surface area (Å²) >= 11 is 1.42. The molecule has 1 fully saturated rings. The third kappa shape index (κ3) is 1.62. The quantitative estimate of drug-likeness (QED) is 0.841. The van der Waals surface area contributed by atoms with E-state index in [0.717, 1.165) is 5.56 Å². The lowest BCUT2D eigenvalue weighted by atomic mass is 9.90. The number of amides is 1. The second-order valence-electron chi connectivity index (χ2n) is 4.34. The molecule has 1 saturated heterocycles. The first-order valence-electron chi connectivity index (χ1n) is 5.64. The van der Waals surface area contributed by atoms with Gasteiger partial charge in [-0.05, 0) is 12.0 Å². The summed E-state index contributed by atoms with van der Waals surface area (Å²) in [5.41, 5.74) is 1.22. The number of rotatable bonds is 3. The zero-order valence-electron chi connectivity index (χ0n) is 9.45. The summed E-state index contributed by atoms with van der Waals surface area (Å²) in [4.78, 5) is 24.3. The molecule has 18 heavy (non-hydrogen) atoms. The van der Waals surface area contributed by atoms with Crippen LogP contribution in [0.2, 0.25) is 0 Å². The van der Waals surface area contributed by atoms with Crippen molar-refractivity contribution in [3.05, 3.63) is 47.0 Å². The van der Waals surface area contributed by atoms with Crippen molar-refractivity contribution in [2.75, 3.05) is 0 Å². The maximum absolute atomic E-state index is 12.0. The Morgan fingerprint density at radius 3 is 2.72 bits per heavy atom. The summed E-state index contributed by atoms with van der Waals surface area (Å²) in [6.45, 7) is 0. The fraction of sp³-hybridized carbons (Fsp3) is 0.231. The predicted molar refractivity (Wildman–Crippen MR) is 67.6 cm³/mol. The zero-order valence-corrected chi connectivity index (χ0v) is 10.3. The van der Waals surface area contributed by atoms with Gasteiger partial charge in [0.1, 0.15) is 5.70 Å². The van der Waals surface area contributed by atoms with E-state index >= 15 is 0 Å². The van der Waals surface area contributed by atoms with Gasteiger partial charge < -0.3 is 5.11 Å². The lowest BCUT2D eigenvalue weighted by Crippen LogP contribution is -2.57. The highest BCUT2D eigenvalue weighted by molar-refractivity contribution is 8.03. The van der Waals surface area contributed by atoms with Crippen LogP contribution in [0.4, 0.5) is 0 Å². The van der Waals surface area contributed by atoms with E-state index in [4.69, 9.17) is 5.11 Å². The van der Waals surface area contributed by atoms with Crippen molar-refractivity contribution in [2.45, 2.75) is 11.8 Å². The number of thioether (sulfide) groups is 1. The number of benzene rings is 1. The summed E-state index contributed by atoms with van der Waals surface area (Å²) < 4.78 is 0. The maximum Gasteiger partial charge on any atom is 0.353 e. The highest BCUT2D eigenvalue weighted by Crippen LogP contribution is 2.45. The zero-order chi connectivity index (χ0) is 12.7. The molecule has 2 aliphatic heterocycles. The summed E-state index contributed by atoms with van der Waals surface area (Å²) in [7, 11) is 0. The highest BCUT2D eigenvalue weighted by atomic mass is 32.2. The molecule has 2 heterocycles. The van der Waals surface area contributed by atoms with E-state index in [0.29, 0.717) is 6.42 Å². The molecule has 0 aliphatic carbocycles. The molecule has 0 bridgehead atoms. The average Bonchev–Trinajstić information content (AvgIpc) is 2.77. The van der Waals surface area contributed by atoms with Crippen molar-refractivity contribution in [1.82, 2.24) is 4.90 Å². The Hall–Kier alpha value is -1.75. The van der Waals surface area contributed by atoms with Crippen LogP contribution in [0, 0.1) is 5.92 Å². The molecular weight excluding hydrogens is 250 g/mol. The Bertz CT molecular complexity index is 540. The molecular formula is C13H11NO3S. The van der Waals surface area contributed by atoms with Crippen molar-refractivity contribution < 1.29 is 14.7 Å². The van der Waals surface area contributed by atoms with Crippen LogP contribution >= 0.6 is 11.8 Å². The third-order valence-electron chi connectivity index (χ3n) is 3.25. The SMILES string of the molecule is O=C(O)C1=CS[C@@H]2[C@@H](Cc3ccccc3)C(=O)N12. The Balaban J connectivity index is 1.73. The molecule has 0 aromatic heterocycles. The van der Waals surface area contributed by atoms with Gasteiger partial charge in [-0.15, -0.1) is 11.8 Å². The molecule has 1 aromatic rings. The van der Waals surface area contributed by atoms with Gasteiger partial charge in [-0.1, -0.05) is 30.3 Å². The van der Waals surface area contributed by atoms with E-state index in [1.165, 1.54) is 16.7 Å². The Labute approximate surface area is 108 Å². The van der Waals surface area contributed by atoms with Gasteiger partial charge >= 0.3 is 5.97 Å². The van der Waals surface area contributed by atoms with E-state index in [2.05, 4.69) is 0 Å². The monoisotopic (exact) mass is 261 g/mol. The summed E-state index contributed by atoms with van der Waals surface area (Å²) in [6, 6.07) is 9.80. The van der Waals surface area contributed by atoms with Crippen LogP contribution in [-0.2, 0) is 16.0 Å². The Morgan fingerprint density at radius 1 is 1.33 bits per heavy atom. The summed E-state index contributed by atoms with van der Waals surface area (Å²) in [5, 5.41) is 10.5. The molecule has 0 spiro atoms. The molecule has 92 valence electrons. The van der Waals surface area contributed by atoms with Crippen molar-refractivity contribution >= 4 is 23.6 Å². The molecule has 1 N–H and O–H groups in total. The standard InChI is InChI=1S/C13H11NO3S/c15-11-9(6-8-4-2-1-3-5-8)12-14(11)10(7-18-12)13(16)17/h1-5,7,9,12H,6H2,(H,16,17)/t9-,12+/m0/s1. The minimum atomic E-state index is -1.03. The second-order valence-corrected chi connectivity index (χ2v) is 5.33.